The highest BCUT2D eigenvalue weighted by atomic mass is 35.5. The van der Waals surface area contributed by atoms with Crippen LogP contribution in [-0.2, 0) is 6.54 Å². The zero-order valence-electron chi connectivity index (χ0n) is 13.3. The summed E-state index contributed by atoms with van der Waals surface area (Å²) in [6, 6.07) is 6.35. The van der Waals surface area contributed by atoms with Gasteiger partial charge in [-0.1, -0.05) is 17.7 Å². The molecule has 118 valence electrons. The van der Waals surface area contributed by atoms with E-state index in [1.165, 1.54) is 24.1 Å². The third-order valence-electron chi connectivity index (χ3n) is 4.52. The van der Waals surface area contributed by atoms with Crippen LogP contribution in [0.15, 0.2) is 18.2 Å². The highest BCUT2D eigenvalue weighted by Crippen LogP contribution is 2.36. The van der Waals surface area contributed by atoms with Crippen LogP contribution in [0.4, 0.5) is 0 Å². The first kappa shape index (κ1) is 15.4. The van der Waals surface area contributed by atoms with E-state index < -0.39 is 0 Å². The SMILES string of the molecule is COc1ccc(CN2CCCC2c2c(C)n[nH]c2C)c(Cl)c1. The highest BCUT2D eigenvalue weighted by Gasteiger charge is 2.29. The predicted molar refractivity (Wildman–Crippen MR) is 88.5 cm³/mol. The highest BCUT2D eigenvalue weighted by molar-refractivity contribution is 6.31. The van der Waals surface area contributed by atoms with Crippen molar-refractivity contribution < 1.29 is 4.74 Å². The van der Waals surface area contributed by atoms with Gasteiger partial charge in [-0.05, 0) is 50.9 Å². The number of aryl methyl sites for hydroxylation is 2. The second-order valence-corrected chi connectivity index (χ2v) is 6.34. The van der Waals surface area contributed by atoms with Crippen molar-refractivity contribution in [3.63, 3.8) is 0 Å². The van der Waals surface area contributed by atoms with E-state index in [-0.39, 0.29) is 0 Å². The lowest BCUT2D eigenvalue weighted by Gasteiger charge is -2.25. The molecular formula is C17H22ClN3O. The lowest BCUT2D eigenvalue weighted by Crippen LogP contribution is -2.23. The summed E-state index contributed by atoms with van der Waals surface area (Å²) in [6.07, 6.45) is 2.39. The number of nitrogens with one attached hydrogen (secondary N) is 1. The Labute approximate surface area is 136 Å². The Balaban J connectivity index is 1.82. The molecule has 22 heavy (non-hydrogen) atoms. The van der Waals surface area contributed by atoms with Gasteiger partial charge in [0.05, 0.1) is 12.8 Å². The van der Waals surface area contributed by atoms with E-state index in [0.717, 1.165) is 35.1 Å². The Morgan fingerprint density at radius 2 is 2.23 bits per heavy atom. The van der Waals surface area contributed by atoms with E-state index in [2.05, 4.69) is 35.0 Å². The van der Waals surface area contributed by atoms with Crippen LogP contribution in [-0.4, -0.2) is 28.8 Å². The number of ether oxygens (including phenoxy) is 1. The fourth-order valence-corrected chi connectivity index (χ4v) is 3.63. The van der Waals surface area contributed by atoms with Crippen LogP contribution in [0.2, 0.25) is 5.02 Å². The molecule has 3 rings (SSSR count). The number of hydrogen-bond donors (Lipinski definition) is 1. The number of aromatic nitrogens is 2. The molecule has 1 saturated heterocycles. The van der Waals surface area contributed by atoms with Gasteiger partial charge in [0.15, 0.2) is 0 Å². The van der Waals surface area contributed by atoms with Gasteiger partial charge in [0.1, 0.15) is 5.75 Å². The Kier molecular flexibility index (Phi) is 4.41. The molecule has 0 saturated carbocycles. The molecule has 1 fully saturated rings. The molecule has 1 aromatic carbocycles. The zero-order valence-corrected chi connectivity index (χ0v) is 14.1. The van der Waals surface area contributed by atoms with Crippen LogP contribution in [0.1, 0.15) is 41.4 Å². The molecule has 1 aliphatic rings. The molecule has 4 nitrogen and oxygen atoms in total. The second kappa shape index (κ2) is 6.31. The number of rotatable bonds is 4. The topological polar surface area (TPSA) is 41.1 Å². The summed E-state index contributed by atoms with van der Waals surface area (Å²) < 4.78 is 5.22. The molecule has 1 aliphatic heterocycles. The first-order valence-electron chi connectivity index (χ1n) is 7.68. The van der Waals surface area contributed by atoms with Crippen molar-refractivity contribution in [1.82, 2.24) is 15.1 Å². The number of likely N-dealkylation sites (tertiary alicyclic amines) is 1. The average molecular weight is 320 g/mol. The monoisotopic (exact) mass is 319 g/mol. The normalized spacial score (nSPS) is 18.8. The van der Waals surface area contributed by atoms with E-state index in [0.29, 0.717) is 6.04 Å². The number of hydrogen-bond acceptors (Lipinski definition) is 3. The Hall–Kier alpha value is -1.52. The zero-order chi connectivity index (χ0) is 15.7. The first-order chi connectivity index (χ1) is 10.6. The maximum Gasteiger partial charge on any atom is 0.120 e. The van der Waals surface area contributed by atoms with Crippen LogP contribution in [0.3, 0.4) is 0 Å². The second-order valence-electron chi connectivity index (χ2n) is 5.93. The average Bonchev–Trinajstić information content (AvgIpc) is 3.07. The molecule has 1 aromatic heterocycles. The van der Waals surface area contributed by atoms with Crippen LogP contribution in [0, 0.1) is 13.8 Å². The lowest BCUT2D eigenvalue weighted by molar-refractivity contribution is 0.247. The molecule has 0 spiro atoms. The van der Waals surface area contributed by atoms with E-state index >= 15 is 0 Å². The van der Waals surface area contributed by atoms with Crippen molar-refractivity contribution in [3.8, 4) is 5.75 Å². The Morgan fingerprint density at radius 1 is 1.41 bits per heavy atom. The standard InChI is InChI=1S/C17H22ClN3O/c1-11-17(12(2)20-19-11)16-5-4-8-21(16)10-13-6-7-14(22-3)9-15(13)18/h6-7,9,16H,4-5,8,10H2,1-3H3,(H,19,20). The van der Waals surface area contributed by atoms with Gasteiger partial charge in [-0.2, -0.15) is 5.10 Å². The Bertz CT molecular complexity index is 648. The van der Waals surface area contributed by atoms with Gasteiger partial charge in [0.2, 0.25) is 0 Å². The largest absolute Gasteiger partial charge is 0.497 e. The van der Waals surface area contributed by atoms with Crippen molar-refractivity contribution in [2.75, 3.05) is 13.7 Å². The van der Waals surface area contributed by atoms with Crippen molar-refractivity contribution in [2.45, 2.75) is 39.3 Å². The summed E-state index contributed by atoms with van der Waals surface area (Å²) >= 11 is 6.40. The number of methoxy groups -OCH3 is 1. The number of halogens is 1. The maximum absolute atomic E-state index is 6.40. The minimum atomic E-state index is 0.428. The minimum Gasteiger partial charge on any atom is -0.497 e. The van der Waals surface area contributed by atoms with Crippen LogP contribution >= 0.6 is 11.6 Å². The van der Waals surface area contributed by atoms with E-state index in [9.17, 15) is 0 Å². The summed E-state index contributed by atoms with van der Waals surface area (Å²) in [5, 5.41) is 8.22. The maximum atomic E-state index is 6.40. The molecule has 0 amide bonds. The van der Waals surface area contributed by atoms with Gasteiger partial charge in [-0.3, -0.25) is 10.00 Å². The number of aromatic amines is 1. The smallest absolute Gasteiger partial charge is 0.120 e. The number of nitrogens with zero attached hydrogens (tertiary/aromatic N) is 2. The van der Waals surface area contributed by atoms with Crippen molar-refractivity contribution in [2.24, 2.45) is 0 Å². The molecule has 1 unspecified atom stereocenters. The van der Waals surface area contributed by atoms with E-state index in [4.69, 9.17) is 16.3 Å². The summed E-state index contributed by atoms with van der Waals surface area (Å²) in [5.41, 5.74) is 4.78. The van der Waals surface area contributed by atoms with Crippen LogP contribution in [0.25, 0.3) is 0 Å². The molecule has 1 N–H and O–H groups in total. The van der Waals surface area contributed by atoms with Crippen molar-refractivity contribution >= 4 is 11.6 Å². The van der Waals surface area contributed by atoms with Gasteiger partial charge in [0, 0.05) is 28.9 Å². The van der Waals surface area contributed by atoms with E-state index in [1.54, 1.807) is 7.11 Å². The summed E-state index contributed by atoms with van der Waals surface area (Å²) in [5.74, 6) is 0.799. The molecule has 0 radical (unpaired) electrons. The fourth-order valence-electron chi connectivity index (χ4n) is 3.39. The van der Waals surface area contributed by atoms with Crippen molar-refractivity contribution in [3.05, 3.63) is 45.7 Å². The van der Waals surface area contributed by atoms with Gasteiger partial charge in [-0.15, -0.1) is 0 Å². The molecule has 5 heteroatoms. The molecule has 0 aliphatic carbocycles. The summed E-state index contributed by atoms with van der Waals surface area (Å²) in [4.78, 5) is 2.50. The minimum absolute atomic E-state index is 0.428. The van der Waals surface area contributed by atoms with Crippen LogP contribution in [0.5, 0.6) is 5.75 Å². The lowest BCUT2D eigenvalue weighted by atomic mass is 10.0. The third kappa shape index (κ3) is 2.85. The van der Waals surface area contributed by atoms with Gasteiger partial charge < -0.3 is 4.74 Å². The molecule has 2 heterocycles. The predicted octanol–water partition coefficient (Wildman–Crippen LogP) is 4.03. The first-order valence-corrected chi connectivity index (χ1v) is 8.06. The number of H-pyrrole nitrogens is 1. The summed E-state index contributed by atoms with van der Waals surface area (Å²) in [6.45, 7) is 6.14. The summed E-state index contributed by atoms with van der Waals surface area (Å²) in [7, 11) is 1.66. The van der Waals surface area contributed by atoms with Gasteiger partial charge in [-0.25, -0.2) is 0 Å². The molecular weight excluding hydrogens is 298 g/mol. The quantitative estimate of drug-likeness (QED) is 0.925. The van der Waals surface area contributed by atoms with Crippen molar-refractivity contribution in [1.29, 1.82) is 0 Å². The van der Waals surface area contributed by atoms with Gasteiger partial charge >= 0.3 is 0 Å². The molecule has 0 bridgehead atoms. The molecule has 1 atom stereocenters. The number of benzene rings is 1. The van der Waals surface area contributed by atoms with Crippen LogP contribution < -0.4 is 4.74 Å². The third-order valence-corrected chi connectivity index (χ3v) is 4.87. The molecule has 2 aromatic rings. The fraction of sp³-hybridized carbons (Fsp3) is 0.471. The van der Waals surface area contributed by atoms with Gasteiger partial charge in [0.25, 0.3) is 0 Å². The Morgan fingerprint density at radius 3 is 2.86 bits per heavy atom. The van der Waals surface area contributed by atoms with E-state index in [1.807, 2.05) is 12.1 Å².